The summed E-state index contributed by atoms with van der Waals surface area (Å²) in [5.74, 6) is 0.971. The van der Waals surface area contributed by atoms with Gasteiger partial charge in [-0.05, 0) is 37.3 Å². The third-order valence-electron chi connectivity index (χ3n) is 4.02. The van der Waals surface area contributed by atoms with Crippen LogP contribution in [0.15, 0.2) is 46.8 Å². The van der Waals surface area contributed by atoms with E-state index in [1.54, 1.807) is 48.2 Å². The number of aromatic nitrogens is 1. The molecule has 0 saturated heterocycles. The molecule has 2 heterocycles. The molecule has 0 unspecified atom stereocenters. The number of benzene rings is 2. The lowest BCUT2D eigenvalue weighted by Crippen LogP contribution is -2.34. The molecule has 4 rings (SSSR count). The number of fused-ring (bicyclic) bond motifs is 2. The fourth-order valence-corrected chi connectivity index (χ4v) is 4.73. The van der Waals surface area contributed by atoms with E-state index >= 15 is 0 Å². The number of anilines is 2. The lowest BCUT2D eigenvalue weighted by atomic mass is 10.2. The van der Waals surface area contributed by atoms with Crippen molar-refractivity contribution < 1.29 is 14.3 Å². The molecular formula is C19H17N3O3S2. The molecule has 2 aromatic carbocycles. The zero-order valence-electron chi connectivity index (χ0n) is 14.5. The zero-order chi connectivity index (χ0) is 18.8. The number of carbonyl (C=O) groups excluding carboxylic acids is 2. The summed E-state index contributed by atoms with van der Waals surface area (Å²) in [5.41, 5.74) is 2.18. The number of carbonyl (C=O) groups is 2. The van der Waals surface area contributed by atoms with E-state index in [1.165, 1.54) is 0 Å². The standard InChI is InChI=1S/C19H17N3O3S2/c1-11-18(24)21-14-10-12(6-7-15(14)25-11)20-17(23)8-9-26-19-22-13-4-2-3-5-16(13)27-19/h2-7,10-11H,8-9H2,1H3,(H,20,23)(H,21,24)/t11-/m0/s1. The van der Waals surface area contributed by atoms with Crippen LogP contribution in [0, 0.1) is 0 Å². The zero-order valence-corrected chi connectivity index (χ0v) is 16.2. The summed E-state index contributed by atoms with van der Waals surface area (Å²) in [6, 6.07) is 13.2. The van der Waals surface area contributed by atoms with Crippen molar-refractivity contribution in [2.45, 2.75) is 23.8 Å². The molecule has 2 amide bonds. The van der Waals surface area contributed by atoms with Gasteiger partial charge in [0.15, 0.2) is 10.4 Å². The van der Waals surface area contributed by atoms with Gasteiger partial charge < -0.3 is 15.4 Å². The largest absolute Gasteiger partial charge is 0.479 e. The highest BCUT2D eigenvalue weighted by Gasteiger charge is 2.23. The van der Waals surface area contributed by atoms with E-state index in [0.29, 0.717) is 29.3 Å². The van der Waals surface area contributed by atoms with Crippen molar-refractivity contribution in [3.8, 4) is 5.75 Å². The van der Waals surface area contributed by atoms with E-state index in [-0.39, 0.29) is 11.8 Å². The van der Waals surface area contributed by atoms with Crippen LogP contribution < -0.4 is 15.4 Å². The van der Waals surface area contributed by atoms with E-state index in [9.17, 15) is 9.59 Å². The van der Waals surface area contributed by atoms with E-state index in [4.69, 9.17) is 4.74 Å². The molecule has 1 aliphatic heterocycles. The molecule has 8 heteroatoms. The van der Waals surface area contributed by atoms with Gasteiger partial charge in [0, 0.05) is 17.9 Å². The molecule has 0 saturated carbocycles. The van der Waals surface area contributed by atoms with Crippen LogP contribution in [0.2, 0.25) is 0 Å². The Hall–Kier alpha value is -2.58. The number of para-hydroxylation sites is 1. The second-order valence-electron chi connectivity index (χ2n) is 6.05. The second kappa shape index (κ2) is 7.58. The van der Waals surface area contributed by atoms with Gasteiger partial charge in [-0.2, -0.15) is 0 Å². The molecule has 0 fully saturated rings. The van der Waals surface area contributed by atoms with Crippen molar-refractivity contribution in [1.82, 2.24) is 4.98 Å². The van der Waals surface area contributed by atoms with Crippen LogP contribution in [0.1, 0.15) is 13.3 Å². The summed E-state index contributed by atoms with van der Waals surface area (Å²) in [7, 11) is 0. The molecule has 138 valence electrons. The van der Waals surface area contributed by atoms with Crippen LogP contribution in [0.4, 0.5) is 11.4 Å². The number of ether oxygens (including phenoxy) is 1. The SMILES string of the molecule is C[C@@H]1Oc2ccc(NC(=O)CCSc3nc4ccccc4s3)cc2NC1=O. The Morgan fingerprint density at radius 2 is 2.19 bits per heavy atom. The lowest BCUT2D eigenvalue weighted by molar-refractivity contribution is -0.122. The first kappa shape index (κ1) is 17.8. The number of rotatable bonds is 5. The molecule has 0 aliphatic carbocycles. The van der Waals surface area contributed by atoms with Gasteiger partial charge >= 0.3 is 0 Å². The average Bonchev–Trinajstić information content (AvgIpc) is 3.05. The fraction of sp³-hybridized carbons (Fsp3) is 0.211. The minimum absolute atomic E-state index is 0.0833. The predicted octanol–water partition coefficient (Wildman–Crippen LogP) is 4.14. The Bertz CT molecular complexity index is 985. The van der Waals surface area contributed by atoms with Crippen molar-refractivity contribution in [1.29, 1.82) is 0 Å². The monoisotopic (exact) mass is 399 g/mol. The van der Waals surface area contributed by atoms with Crippen molar-refractivity contribution in [3.63, 3.8) is 0 Å². The lowest BCUT2D eigenvalue weighted by Gasteiger charge is -2.23. The van der Waals surface area contributed by atoms with Crippen LogP contribution in [0.25, 0.3) is 10.2 Å². The van der Waals surface area contributed by atoms with Gasteiger partial charge in [0.25, 0.3) is 5.91 Å². The van der Waals surface area contributed by atoms with Gasteiger partial charge in [-0.1, -0.05) is 23.9 Å². The quantitative estimate of drug-likeness (QED) is 0.631. The van der Waals surface area contributed by atoms with E-state index in [2.05, 4.69) is 15.6 Å². The molecule has 1 atom stereocenters. The molecule has 0 bridgehead atoms. The highest BCUT2D eigenvalue weighted by Crippen LogP contribution is 2.32. The topological polar surface area (TPSA) is 80.3 Å². The van der Waals surface area contributed by atoms with Crippen LogP contribution in [-0.2, 0) is 9.59 Å². The molecular weight excluding hydrogens is 382 g/mol. The van der Waals surface area contributed by atoms with Crippen LogP contribution in [-0.4, -0.2) is 28.7 Å². The minimum Gasteiger partial charge on any atom is -0.479 e. The number of hydrogen-bond donors (Lipinski definition) is 2. The summed E-state index contributed by atoms with van der Waals surface area (Å²) in [5, 5.41) is 5.63. The third kappa shape index (κ3) is 4.06. The van der Waals surface area contributed by atoms with E-state index < -0.39 is 6.10 Å². The summed E-state index contributed by atoms with van der Waals surface area (Å²) in [4.78, 5) is 28.4. The van der Waals surface area contributed by atoms with E-state index in [1.807, 2.05) is 24.3 Å². The van der Waals surface area contributed by atoms with Gasteiger partial charge in [-0.25, -0.2) is 4.98 Å². The first-order valence-electron chi connectivity index (χ1n) is 8.48. The molecule has 3 aromatic rings. The summed E-state index contributed by atoms with van der Waals surface area (Å²) < 4.78 is 7.62. The Balaban J connectivity index is 1.31. The van der Waals surface area contributed by atoms with Gasteiger partial charge in [-0.15, -0.1) is 11.3 Å². The smallest absolute Gasteiger partial charge is 0.265 e. The van der Waals surface area contributed by atoms with Crippen molar-refractivity contribution in [3.05, 3.63) is 42.5 Å². The second-order valence-corrected chi connectivity index (χ2v) is 8.43. The molecule has 0 spiro atoms. The Labute approximate surface area is 164 Å². The highest BCUT2D eigenvalue weighted by molar-refractivity contribution is 8.01. The average molecular weight is 399 g/mol. The van der Waals surface area contributed by atoms with Crippen LogP contribution in [0.3, 0.4) is 0 Å². The van der Waals surface area contributed by atoms with Gasteiger partial charge in [0.1, 0.15) is 5.75 Å². The number of thioether (sulfide) groups is 1. The summed E-state index contributed by atoms with van der Waals surface area (Å²) in [6.07, 6.45) is -0.144. The maximum Gasteiger partial charge on any atom is 0.265 e. The van der Waals surface area contributed by atoms with Gasteiger partial charge in [-0.3, -0.25) is 9.59 Å². The van der Waals surface area contributed by atoms with Crippen LogP contribution >= 0.6 is 23.1 Å². The third-order valence-corrected chi connectivity index (χ3v) is 6.20. The molecule has 27 heavy (non-hydrogen) atoms. The maximum absolute atomic E-state index is 12.2. The Morgan fingerprint density at radius 1 is 1.33 bits per heavy atom. The number of hydrogen-bond acceptors (Lipinski definition) is 6. The van der Waals surface area contributed by atoms with Crippen LogP contribution in [0.5, 0.6) is 5.75 Å². The van der Waals surface area contributed by atoms with Gasteiger partial charge in [0.2, 0.25) is 5.91 Å². The molecule has 0 radical (unpaired) electrons. The van der Waals surface area contributed by atoms with Crippen molar-refractivity contribution in [2.75, 3.05) is 16.4 Å². The highest BCUT2D eigenvalue weighted by atomic mass is 32.2. The molecule has 2 N–H and O–H groups in total. The number of nitrogens with one attached hydrogen (secondary N) is 2. The van der Waals surface area contributed by atoms with Gasteiger partial charge in [0.05, 0.1) is 15.9 Å². The first-order chi connectivity index (χ1) is 13.1. The maximum atomic E-state index is 12.2. The normalized spacial score (nSPS) is 15.7. The summed E-state index contributed by atoms with van der Waals surface area (Å²) in [6.45, 7) is 1.69. The Kier molecular flexibility index (Phi) is 5.00. The predicted molar refractivity (Wildman–Crippen MR) is 109 cm³/mol. The van der Waals surface area contributed by atoms with Crippen molar-refractivity contribution >= 4 is 56.5 Å². The molecule has 6 nitrogen and oxygen atoms in total. The van der Waals surface area contributed by atoms with Crippen molar-refractivity contribution in [2.24, 2.45) is 0 Å². The fourth-order valence-electron chi connectivity index (χ4n) is 2.65. The molecule has 1 aliphatic rings. The molecule has 1 aromatic heterocycles. The van der Waals surface area contributed by atoms with E-state index in [0.717, 1.165) is 14.6 Å². The number of thiazole rings is 1. The first-order valence-corrected chi connectivity index (χ1v) is 10.3. The number of amides is 2. The Morgan fingerprint density at radius 3 is 3.04 bits per heavy atom. The minimum atomic E-state index is -0.516. The number of nitrogens with zero attached hydrogens (tertiary/aromatic N) is 1. The summed E-state index contributed by atoms with van der Waals surface area (Å²) >= 11 is 3.21.